The lowest BCUT2D eigenvalue weighted by Crippen LogP contribution is -2.37. The number of hydrogen-bond donors (Lipinski definition) is 0. The molecule has 1 aliphatic carbocycles. The molecule has 1 heterocycles. The molecule has 7 heteroatoms. The quantitative estimate of drug-likeness (QED) is 0.362. The van der Waals surface area contributed by atoms with E-state index in [4.69, 9.17) is 27.9 Å². The molecule has 1 aromatic carbocycles. The summed E-state index contributed by atoms with van der Waals surface area (Å²) in [6.45, 7) is -0.398. The standard InChI is InChI=1S/C16H13Cl2NO4/c17-12-6-5-9(7-13(12)18)23-14(20)8-19-15(21)10-3-1-2-4-11(10)16(19)22/h1-2,5-7,10-11H,3-4,8H2/t10-,11-/m1/s1. The van der Waals surface area contributed by atoms with E-state index in [0.29, 0.717) is 17.9 Å². The number of halogens is 2. The smallest absolute Gasteiger partial charge is 0.331 e. The van der Waals surface area contributed by atoms with Crippen molar-refractivity contribution in [1.29, 1.82) is 0 Å². The number of hydrogen-bond acceptors (Lipinski definition) is 4. The van der Waals surface area contributed by atoms with Crippen molar-refractivity contribution in [3.8, 4) is 5.75 Å². The Morgan fingerprint density at radius 1 is 1.09 bits per heavy atom. The zero-order valence-corrected chi connectivity index (χ0v) is 13.5. The molecule has 0 bridgehead atoms. The highest BCUT2D eigenvalue weighted by atomic mass is 35.5. The lowest BCUT2D eigenvalue weighted by atomic mass is 9.85. The largest absolute Gasteiger partial charge is 0.425 e. The number of likely N-dealkylation sites (tertiary alicyclic amines) is 1. The fourth-order valence-corrected chi connectivity index (χ4v) is 3.15. The lowest BCUT2D eigenvalue weighted by Gasteiger charge is -2.14. The summed E-state index contributed by atoms with van der Waals surface area (Å²) in [5.74, 6) is -1.82. The zero-order valence-electron chi connectivity index (χ0n) is 12.0. The zero-order chi connectivity index (χ0) is 16.6. The van der Waals surface area contributed by atoms with Gasteiger partial charge in [-0.1, -0.05) is 35.4 Å². The second-order valence-corrected chi connectivity index (χ2v) is 6.28. The summed E-state index contributed by atoms with van der Waals surface area (Å²) in [6.07, 6.45) is 4.86. The van der Waals surface area contributed by atoms with Gasteiger partial charge in [-0.25, -0.2) is 4.79 Å². The minimum atomic E-state index is -0.698. The van der Waals surface area contributed by atoms with Crippen LogP contribution >= 0.6 is 23.2 Å². The van der Waals surface area contributed by atoms with Gasteiger partial charge >= 0.3 is 5.97 Å². The van der Waals surface area contributed by atoms with E-state index in [9.17, 15) is 14.4 Å². The molecule has 3 rings (SSSR count). The Labute approximate surface area is 142 Å². The summed E-state index contributed by atoms with van der Waals surface area (Å²) in [7, 11) is 0. The Kier molecular flexibility index (Phi) is 4.41. The molecule has 0 saturated carbocycles. The Bertz CT molecular complexity index is 690. The molecular formula is C16H13Cl2NO4. The number of imide groups is 1. The van der Waals surface area contributed by atoms with Gasteiger partial charge in [0.25, 0.3) is 0 Å². The molecule has 1 aromatic rings. The van der Waals surface area contributed by atoms with E-state index in [1.165, 1.54) is 18.2 Å². The first kappa shape index (κ1) is 16.0. The molecule has 1 aliphatic heterocycles. The SMILES string of the molecule is O=C(CN1C(=O)[C@@H]2CC=CC[C@H]2C1=O)Oc1ccc(Cl)c(Cl)c1. The summed E-state index contributed by atoms with van der Waals surface area (Å²) in [4.78, 5) is 37.5. The maximum Gasteiger partial charge on any atom is 0.331 e. The Morgan fingerprint density at radius 2 is 1.70 bits per heavy atom. The van der Waals surface area contributed by atoms with E-state index in [1.807, 2.05) is 12.2 Å². The monoisotopic (exact) mass is 353 g/mol. The highest BCUT2D eigenvalue weighted by molar-refractivity contribution is 6.42. The number of amides is 2. The van der Waals surface area contributed by atoms with Gasteiger partial charge in [0.15, 0.2) is 0 Å². The van der Waals surface area contributed by atoms with Crippen LogP contribution in [0.25, 0.3) is 0 Å². The summed E-state index contributed by atoms with van der Waals surface area (Å²) in [6, 6.07) is 4.39. The summed E-state index contributed by atoms with van der Waals surface area (Å²) in [5, 5.41) is 0.593. The minimum Gasteiger partial charge on any atom is -0.425 e. The van der Waals surface area contributed by atoms with Crippen LogP contribution in [0.1, 0.15) is 12.8 Å². The van der Waals surface area contributed by atoms with Crippen LogP contribution in [0.3, 0.4) is 0 Å². The average molecular weight is 354 g/mol. The van der Waals surface area contributed by atoms with E-state index in [2.05, 4.69) is 0 Å². The van der Waals surface area contributed by atoms with Gasteiger partial charge in [0.2, 0.25) is 11.8 Å². The minimum absolute atomic E-state index is 0.211. The first-order valence-electron chi connectivity index (χ1n) is 7.13. The number of carbonyl (C=O) groups excluding carboxylic acids is 3. The highest BCUT2D eigenvalue weighted by Crippen LogP contribution is 2.35. The van der Waals surface area contributed by atoms with Crippen molar-refractivity contribution >= 4 is 41.0 Å². The van der Waals surface area contributed by atoms with Crippen molar-refractivity contribution in [2.24, 2.45) is 11.8 Å². The van der Waals surface area contributed by atoms with Gasteiger partial charge in [0.05, 0.1) is 21.9 Å². The number of fused-ring (bicyclic) bond motifs is 1. The fraction of sp³-hybridized carbons (Fsp3) is 0.312. The normalized spacial score (nSPS) is 23.1. The number of allylic oxidation sites excluding steroid dienone is 2. The van der Waals surface area contributed by atoms with Crippen molar-refractivity contribution in [2.45, 2.75) is 12.8 Å². The van der Waals surface area contributed by atoms with Gasteiger partial charge in [-0.15, -0.1) is 0 Å². The average Bonchev–Trinajstić information content (AvgIpc) is 2.76. The molecule has 2 aliphatic rings. The molecule has 2 atom stereocenters. The third-order valence-corrected chi connectivity index (χ3v) is 4.75. The number of rotatable bonds is 3. The van der Waals surface area contributed by atoms with Crippen LogP contribution in [0.15, 0.2) is 30.4 Å². The Morgan fingerprint density at radius 3 is 2.26 bits per heavy atom. The second-order valence-electron chi connectivity index (χ2n) is 5.47. The molecule has 2 amide bonds. The van der Waals surface area contributed by atoms with Gasteiger partial charge in [-0.2, -0.15) is 0 Å². The molecule has 0 aromatic heterocycles. The third kappa shape index (κ3) is 3.12. The molecule has 23 heavy (non-hydrogen) atoms. The van der Waals surface area contributed by atoms with Gasteiger partial charge in [-0.3, -0.25) is 14.5 Å². The van der Waals surface area contributed by atoms with Crippen molar-refractivity contribution in [1.82, 2.24) is 4.90 Å². The van der Waals surface area contributed by atoms with Crippen LogP contribution in [-0.2, 0) is 14.4 Å². The van der Waals surface area contributed by atoms with E-state index in [-0.39, 0.29) is 34.4 Å². The van der Waals surface area contributed by atoms with Crippen molar-refractivity contribution in [3.05, 3.63) is 40.4 Å². The summed E-state index contributed by atoms with van der Waals surface area (Å²) in [5.41, 5.74) is 0. The van der Waals surface area contributed by atoms with Crippen LogP contribution in [0.4, 0.5) is 0 Å². The maximum absolute atomic E-state index is 12.3. The molecule has 1 fully saturated rings. The van der Waals surface area contributed by atoms with E-state index >= 15 is 0 Å². The van der Waals surface area contributed by atoms with Crippen molar-refractivity contribution in [2.75, 3.05) is 6.54 Å². The molecule has 0 radical (unpaired) electrons. The Hall–Kier alpha value is -1.85. The third-order valence-electron chi connectivity index (χ3n) is 4.01. The van der Waals surface area contributed by atoms with Crippen LogP contribution in [0.2, 0.25) is 10.0 Å². The van der Waals surface area contributed by atoms with Gasteiger partial charge < -0.3 is 4.74 Å². The highest BCUT2D eigenvalue weighted by Gasteiger charge is 2.47. The number of ether oxygens (including phenoxy) is 1. The van der Waals surface area contributed by atoms with Gasteiger partial charge in [-0.05, 0) is 25.0 Å². The first-order chi connectivity index (χ1) is 11.0. The number of nitrogens with zero attached hydrogens (tertiary/aromatic N) is 1. The van der Waals surface area contributed by atoms with Crippen LogP contribution < -0.4 is 4.74 Å². The summed E-state index contributed by atoms with van der Waals surface area (Å²) >= 11 is 11.6. The summed E-state index contributed by atoms with van der Waals surface area (Å²) < 4.78 is 5.12. The first-order valence-corrected chi connectivity index (χ1v) is 7.89. The van der Waals surface area contributed by atoms with Crippen molar-refractivity contribution < 1.29 is 19.1 Å². The van der Waals surface area contributed by atoms with Crippen molar-refractivity contribution in [3.63, 3.8) is 0 Å². The van der Waals surface area contributed by atoms with Crippen LogP contribution in [0.5, 0.6) is 5.75 Å². The topological polar surface area (TPSA) is 63.7 Å². The van der Waals surface area contributed by atoms with Gasteiger partial charge in [0.1, 0.15) is 12.3 Å². The molecule has 1 saturated heterocycles. The Balaban J connectivity index is 1.67. The predicted octanol–water partition coefficient (Wildman–Crippen LogP) is 2.85. The molecule has 0 N–H and O–H groups in total. The van der Waals surface area contributed by atoms with Crippen LogP contribution in [-0.4, -0.2) is 29.2 Å². The van der Waals surface area contributed by atoms with Crippen LogP contribution in [0, 0.1) is 11.8 Å². The molecule has 120 valence electrons. The van der Waals surface area contributed by atoms with E-state index in [1.54, 1.807) is 0 Å². The van der Waals surface area contributed by atoms with E-state index < -0.39 is 12.5 Å². The maximum atomic E-state index is 12.3. The number of esters is 1. The van der Waals surface area contributed by atoms with E-state index in [0.717, 1.165) is 4.90 Å². The lowest BCUT2D eigenvalue weighted by molar-refractivity contribution is -0.148. The predicted molar refractivity (Wildman–Crippen MR) is 84.2 cm³/mol. The number of benzene rings is 1. The molecule has 0 unspecified atom stereocenters. The van der Waals surface area contributed by atoms with Gasteiger partial charge in [0, 0.05) is 6.07 Å². The molecule has 0 spiro atoms. The number of carbonyl (C=O) groups is 3. The second kappa shape index (κ2) is 6.34. The molecule has 5 nitrogen and oxygen atoms in total. The molecular weight excluding hydrogens is 341 g/mol. The fourth-order valence-electron chi connectivity index (χ4n) is 2.86.